The molecule has 3 aromatic carbocycles. The zero-order valence-electron chi connectivity index (χ0n) is 20.6. The summed E-state index contributed by atoms with van der Waals surface area (Å²) in [5.41, 5.74) is 4.43. The largest absolute Gasteiger partial charge is 0.494 e. The molecular weight excluding hydrogens is 580 g/mol. The van der Waals surface area contributed by atoms with Crippen LogP contribution in [0.1, 0.15) is 80.8 Å². The molecular formula is C30H32Br2N2O2. The maximum Gasteiger partial charge on any atom is 0.213 e. The number of nitrogens with zero attached hydrogens (tertiary/aromatic N) is 2. The first kappa shape index (κ1) is 25.3. The number of hydrogen-bond donors (Lipinski definition) is 0. The predicted octanol–water partition coefficient (Wildman–Crippen LogP) is 9.19. The highest BCUT2D eigenvalue weighted by atomic mass is 79.9. The van der Waals surface area contributed by atoms with Gasteiger partial charge >= 0.3 is 0 Å². The van der Waals surface area contributed by atoms with E-state index in [1.54, 1.807) is 0 Å². The molecule has 2 atom stereocenters. The number of rotatable bonds is 10. The molecule has 0 N–H and O–H groups in total. The van der Waals surface area contributed by atoms with Crippen LogP contribution in [0.2, 0.25) is 0 Å². The van der Waals surface area contributed by atoms with Crippen molar-refractivity contribution in [3.8, 4) is 11.5 Å². The smallest absolute Gasteiger partial charge is 0.213 e. The van der Waals surface area contributed by atoms with Crippen molar-refractivity contribution in [3.63, 3.8) is 0 Å². The zero-order valence-corrected chi connectivity index (χ0v) is 23.8. The van der Waals surface area contributed by atoms with Crippen molar-refractivity contribution in [2.75, 3.05) is 6.61 Å². The highest BCUT2D eigenvalue weighted by Gasteiger charge is 2.41. The van der Waals surface area contributed by atoms with Gasteiger partial charge in [-0.25, -0.2) is 5.01 Å². The van der Waals surface area contributed by atoms with Crippen molar-refractivity contribution in [2.45, 2.75) is 64.1 Å². The highest BCUT2D eigenvalue weighted by molar-refractivity contribution is 9.11. The maximum absolute atomic E-state index is 6.60. The third-order valence-corrected chi connectivity index (χ3v) is 7.89. The van der Waals surface area contributed by atoms with E-state index in [1.165, 1.54) is 32.1 Å². The molecule has 0 saturated heterocycles. The fourth-order valence-corrected chi connectivity index (χ4v) is 6.29. The van der Waals surface area contributed by atoms with Crippen molar-refractivity contribution < 1.29 is 9.47 Å². The van der Waals surface area contributed by atoms with Crippen LogP contribution in [0, 0.1) is 0 Å². The van der Waals surface area contributed by atoms with Crippen molar-refractivity contribution in [1.29, 1.82) is 0 Å². The summed E-state index contributed by atoms with van der Waals surface area (Å²) in [6.45, 7) is 3.01. The Morgan fingerprint density at radius 3 is 2.47 bits per heavy atom. The van der Waals surface area contributed by atoms with Crippen LogP contribution in [0.3, 0.4) is 0 Å². The molecule has 6 heteroatoms. The summed E-state index contributed by atoms with van der Waals surface area (Å²) in [7, 11) is 0. The Kier molecular flexibility index (Phi) is 8.32. The summed E-state index contributed by atoms with van der Waals surface area (Å²) in [5, 5.41) is 7.19. The minimum absolute atomic E-state index is 0.103. The molecule has 0 aromatic heterocycles. The summed E-state index contributed by atoms with van der Waals surface area (Å²) in [5.74, 6) is 1.79. The first-order chi connectivity index (χ1) is 17.6. The number of fused-ring (bicyclic) bond motifs is 3. The Hall–Kier alpha value is -2.31. The maximum atomic E-state index is 6.60. The fourth-order valence-electron chi connectivity index (χ4n) is 4.94. The van der Waals surface area contributed by atoms with Gasteiger partial charge in [0.2, 0.25) is 6.23 Å². The van der Waals surface area contributed by atoms with E-state index in [1.807, 2.05) is 12.1 Å². The van der Waals surface area contributed by atoms with E-state index >= 15 is 0 Å². The van der Waals surface area contributed by atoms with Gasteiger partial charge < -0.3 is 9.47 Å². The fraction of sp³-hybridized carbons (Fsp3) is 0.367. The molecule has 0 amide bonds. The molecule has 0 fully saturated rings. The number of unbranched alkanes of at least 4 members (excludes halogenated alkanes) is 5. The van der Waals surface area contributed by atoms with Crippen LogP contribution in [0.25, 0.3) is 0 Å². The van der Waals surface area contributed by atoms with Gasteiger partial charge in [-0.15, -0.1) is 0 Å². The van der Waals surface area contributed by atoms with E-state index in [0.29, 0.717) is 0 Å². The van der Waals surface area contributed by atoms with Gasteiger partial charge in [-0.1, -0.05) is 85.3 Å². The summed E-state index contributed by atoms with van der Waals surface area (Å²) in [6, 6.07) is 23.0. The first-order valence-corrected chi connectivity index (χ1v) is 14.5. The number of halogens is 2. The third-order valence-electron chi connectivity index (χ3n) is 6.85. The van der Waals surface area contributed by atoms with Gasteiger partial charge in [-0.3, -0.25) is 0 Å². The van der Waals surface area contributed by atoms with E-state index < -0.39 is 0 Å². The van der Waals surface area contributed by atoms with Crippen LogP contribution >= 0.6 is 31.9 Å². The quantitative estimate of drug-likeness (QED) is 0.214. The Morgan fingerprint density at radius 1 is 0.944 bits per heavy atom. The average Bonchev–Trinajstić information content (AvgIpc) is 3.35. The molecule has 2 heterocycles. The average molecular weight is 612 g/mol. The van der Waals surface area contributed by atoms with E-state index in [2.05, 4.69) is 98.4 Å². The number of hydrazone groups is 1. The summed E-state index contributed by atoms with van der Waals surface area (Å²) < 4.78 is 14.6. The van der Waals surface area contributed by atoms with Crippen molar-refractivity contribution in [1.82, 2.24) is 5.01 Å². The zero-order chi connectivity index (χ0) is 24.9. The van der Waals surface area contributed by atoms with Crippen LogP contribution in [-0.2, 0) is 0 Å². The van der Waals surface area contributed by atoms with Gasteiger partial charge in [-0.2, -0.15) is 5.10 Å². The Bertz CT molecular complexity index is 1200. The van der Waals surface area contributed by atoms with Gasteiger partial charge in [-0.05, 0) is 64.3 Å². The molecule has 3 aromatic rings. The van der Waals surface area contributed by atoms with Crippen LogP contribution in [-0.4, -0.2) is 17.3 Å². The standard InChI is InChI=1S/C30H32Br2N2O2/c1-2-3-4-5-6-10-17-35-24-15-13-22(14-16-24)30-34-28(20-27(33-34)21-11-8-7-9-12-21)25-18-23(31)19-26(32)29(25)36-30/h7-9,11-16,18-19,28,30H,2-6,10,17,20H2,1H3/t28-,30+/m0/s1. The lowest BCUT2D eigenvalue weighted by molar-refractivity contribution is -0.0197. The van der Waals surface area contributed by atoms with Gasteiger partial charge in [0.15, 0.2) is 0 Å². The summed E-state index contributed by atoms with van der Waals surface area (Å²) >= 11 is 7.38. The van der Waals surface area contributed by atoms with Crippen molar-refractivity contribution in [3.05, 3.63) is 92.4 Å². The van der Waals surface area contributed by atoms with Crippen LogP contribution < -0.4 is 9.47 Å². The number of benzene rings is 3. The lowest BCUT2D eigenvalue weighted by Crippen LogP contribution is -2.33. The normalized spacial score (nSPS) is 18.3. The Labute approximate surface area is 231 Å². The summed E-state index contributed by atoms with van der Waals surface area (Å²) in [4.78, 5) is 0. The van der Waals surface area contributed by atoms with E-state index in [9.17, 15) is 0 Å². The highest BCUT2D eigenvalue weighted by Crippen LogP contribution is 2.50. The molecule has 2 aliphatic rings. The minimum Gasteiger partial charge on any atom is -0.494 e. The molecule has 0 unspecified atom stereocenters. The summed E-state index contributed by atoms with van der Waals surface area (Å²) in [6.07, 6.45) is 8.09. The topological polar surface area (TPSA) is 34.1 Å². The predicted molar refractivity (Wildman–Crippen MR) is 153 cm³/mol. The van der Waals surface area contributed by atoms with Crippen LogP contribution in [0.4, 0.5) is 0 Å². The lowest BCUT2D eigenvalue weighted by atomic mass is 9.96. The molecule has 36 heavy (non-hydrogen) atoms. The number of hydrogen-bond acceptors (Lipinski definition) is 4. The van der Waals surface area contributed by atoms with Crippen molar-refractivity contribution >= 4 is 37.6 Å². The molecule has 0 saturated carbocycles. The molecule has 0 spiro atoms. The molecule has 0 radical (unpaired) electrons. The minimum atomic E-state index is -0.311. The Morgan fingerprint density at radius 2 is 1.69 bits per heavy atom. The van der Waals surface area contributed by atoms with Crippen LogP contribution in [0.15, 0.2) is 80.8 Å². The molecule has 0 bridgehead atoms. The molecule has 0 aliphatic carbocycles. The van der Waals surface area contributed by atoms with Gasteiger partial charge in [0.05, 0.1) is 22.8 Å². The second-order valence-corrected chi connectivity index (χ2v) is 11.2. The second-order valence-electron chi connectivity index (χ2n) is 9.47. The van der Waals surface area contributed by atoms with Crippen LogP contribution in [0.5, 0.6) is 11.5 Å². The van der Waals surface area contributed by atoms with Gasteiger partial charge in [0.25, 0.3) is 0 Å². The first-order valence-electron chi connectivity index (χ1n) is 12.9. The number of ether oxygens (including phenoxy) is 2. The van der Waals surface area contributed by atoms with Gasteiger partial charge in [0, 0.05) is 22.0 Å². The van der Waals surface area contributed by atoms with E-state index in [0.717, 1.165) is 62.3 Å². The third kappa shape index (κ3) is 5.65. The second kappa shape index (κ2) is 11.8. The van der Waals surface area contributed by atoms with Gasteiger partial charge in [0.1, 0.15) is 11.5 Å². The monoisotopic (exact) mass is 610 g/mol. The lowest BCUT2D eigenvalue weighted by Gasteiger charge is -2.38. The molecule has 4 nitrogen and oxygen atoms in total. The van der Waals surface area contributed by atoms with Crippen molar-refractivity contribution in [2.24, 2.45) is 5.10 Å². The SMILES string of the molecule is CCCCCCCCOc1ccc([C@H]2Oc3c(Br)cc(Br)cc3[C@@H]3CC(c4ccccc4)=NN23)cc1. The molecule has 2 aliphatic heterocycles. The Balaban J connectivity index is 1.34. The van der Waals surface area contributed by atoms with E-state index in [4.69, 9.17) is 14.6 Å². The molecule has 188 valence electrons. The van der Waals surface area contributed by atoms with E-state index in [-0.39, 0.29) is 12.3 Å². The molecule has 5 rings (SSSR count).